The number of rotatable bonds is 1. The lowest BCUT2D eigenvalue weighted by molar-refractivity contribution is 1.11. The molecule has 2 rings (SSSR count). The van der Waals surface area contributed by atoms with E-state index in [0.29, 0.717) is 0 Å². The van der Waals surface area contributed by atoms with E-state index in [1.165, 1.54) is 10.9 Å². The van der Waals surface area contributed by atoms with Crippen LogP contribution in [0.15, 0.2) is 16.7 Å². The van der Waals surface area contributed by atoms with Gasteiger partial charge in [-0.3, -0.25) is 0 Å². The van der Waals surface area contributed by atoms with Crippen molar-refractivity contribution in [2.45, 2.75) is 11.9 Å². The van der Waals surface area contributed by atoms with Crippen LogP contribution in [-0.2, 0) is 0 Å². The van der Waals surface area contributed by atoms with E-state index in [0.717, 1.165) is 9.86 Å². The molecule has 0 aliphatic carbocycles. The van der Waals surface area contributed by atoms with E-state index in [2.05, 4.69) is 22.3 Å². The Hall–Kier alpha value is -0.610. The maximum absolute atomic E-state index is 4.22. The zero-order valence-electron chi connectivity index (χ0n) is 6.87. The van der Waals surface area contributed by atoms with E-state index >= 15 is 0 Å². The van der Waals surface area contributed by atoms with Crippen molar-refractivity contribution in [2.75, 3.05) is 6.26 Å². The van der Waals surface area contributed by atoms with Gasteiger partial charge in [0.15, 0.2) is 0 Å². The van der Waals surface area contributed by atoms with Gasteiger partial charge in [0.1, 0.15) is 16.2 Å². The van der Waals surface area contributed by atoms with Crippen LogP contribution in [0.2, 0.25) is 0 Å². The molecule has 0 unspecified atom stereocenters. The summed E-state index contributed by atoms with van der Waals surface area (Å²) >= 11 is 3.35. The second-order valence-corrected chi connectivity index (χ2v) is 4.13. The van der Waals surface area contributed by atoms with E-state index in [4.69, 9.17) is 0 Å². The molecule has 0 saturated heterocycles. The fourth-order valence-electron chi connectivity index (χ4n) is 1.14. The minimum absolute atomic E-state index is 1.08. The standard InChI is InChI=1S/C8H8N2S2/c1-5-3-12-8-6(5)7(11-2)9-4-10-8/h3-4H,1-2H3. The molecule has 62 valence electrons. The molecular formula is C8H8N2S2. The first-order valence-corrected chi connectivity index (χ1v) is 5.66. The Morgan fingerprint density at radius 3 is 3.00 bits per heavy atom. The third-order valence-electron chi connectivity index (χ3n) is 1.71. The maximum atomic E-state index is 4.22. The van der Waals surface area contributed by atoms with Gasteiger partial charge in [0.05, 0.1) is 0 Å². The summed E-state index contributed by atoms with van der Waals surface area (Å²) in [5.74, 6) is 0. The van der Waals surface area contributed by atoms with Crippen molar-refractivity contribution in [2.24, 2.45) is 0 Å². The second-order valence-electron chi connectivity index (χ2n) is 2.48. The van der Waals surface area contributed by atoms with Crippen molar-refractivity contribution < 1.29 is 0 Å². The highest BCUT2D eigenvalue weighted by Crippen LogP contribution is 2.29. The van der Waals surface area contributed by atoms with Gasteiger partial charge in [0.2, 0.25) is 0 Å². The molecule has 0 aliphatic heterocycles. The molecule has 2 heterocycles. The van der Waals surface area contributed by atoms with E-state index in [1.807, 2.05) is 6.26 Å². The van der Waals surface area contributed by atoms with E-state index in [9.17, 15) is 0 Å². The molecule has 0 spiro atoms. The highest BCUT2D eigenvalue weighted by Gasteiger charge is 2.06. The summed E-state index contributed by atoms with van der Waals surface area (Å²) in [6.07, 6.45) is 3.67. The molecule has 0 N–H and O–H groups in total. The van der Waals surface area contributed by atoms with Gasteiger partial charge in [-0.15, -0.1) is 23.1 Å². The Kier molecular flexibility index (Phi) is 2.02. The van der Waals surface area contributed by atoms with Crippen LogP contribution in [0.4, 0.5) is 0 Å². The van der Waals surface area contributed by atoms with Crippen LogP contribution in [0.3, 0.4) is 0 Å². The lowest BCUT2D eigenvalue weighted by atomic mass is 10.3. The Balaban J connectivity index is 2.84. The number of hydrogen-bond donors (Lipinski definition) is 0. The monoisotopic (exact) mass is 196 g/mol. The average Bonchev–Trinajstić information content (AvgIpc) is 2.48. The Labute approximate surface area is 79.0 Å². The predicted molar refractivity (Wildman–Crippen MR) is 53.9 cm³/mol. The molecule has 0 amide bonds. The summed E-state index contributed by atoms with van der Waals surface area (Å²) in [5.41, 5.74) is 1.28. The van der Waals surface area contributed by atoms with Crippen molar-refractivity contribution in [1.82, 2.24) is 9.97 Å². The van der Waals surface area contributed by atoms with Gasteiger partial charge < -0.3 is 0 Å². The third-order valence-corrected chi connectivity index (χ3v) is 3.41. The van der Waals surface area contributed by atoms with Gasteiger partial charge in [-0.05, 0) is 24.1 Å². The van der Waals surface area contributed by atoms with Gasteiger partial charge in [0, 0.05) is 5.39 Å². The molecule has 0 atom stereocenters. The normalized spacial score (nSPS) is 10.8. The summed E-state index contributed by atoms with van der Waals surface area (Å²) in [7, 11) is 0. The van der Waals surface area contributed by atoms with Gasteiger partial charge >= 0.3 is 0 Å². The SMILES string of the molecule is CSc1ncnc2scc(C)c12. The smallest absolute Gasteiger partial charge is 0.128 e. The second kappa shape index (κ2) is 3.03. The minimum atomic E-state index is 1.08. The van der Waals surface area contributed by atoms with Crippen LogP contribution < -0.4 is 0 Å². The third kappa shape index (κ3) is 1.11. The molecule has 0 aliphatic rings. The number of aryl methyl sites for hydroxylation is 1. The number of aromatic nitrogens is 2. The summed E-state index contributed by atoms with van der Waals surface area (Å²) in [5, 5.41) is 4.42. The Morgan fingerprint density at radius 2 is 2.25 bits per heavy atom. The Morgan fingerprint density at radius 1 is 1.42 bits per heavy atom. The fraction of sp³-hybridized carbons (Fsp3) is 0.250. The molecule has 2 aromatic rings. The van der Waals surface area contributed by atoms with Crippen molar-refractivity contribution in [3.05, 3.63) is 17.3 Å². The lowest BCUT2D eigenvalue weighted by Crippen LogP contribution is -1.82. The van der Waals surface area contributed by atoms with Crippen molar-refractivity contribution in [3.8, 4) is 0 Å². The average molecular weight is 196 g/mol. The summed E-state index contributed by atoms with van der Waals surface area (Å²) in [4.78, 5) is 9.51. The van der Waals surface area contributed by atoms with Crippen LogP contribution in [-0.4, -0.2) is 16.2 Å². The first kappa shape index (κ1) is 8.01. The molecule has 0 aromatic carbocycles. The van der Waals surface area contributed by atoms with Crippen LogP contribution in [0, 0.1) is 6.92 Å². The number of fused-ring (bicyclic) bond motifs is 1. The van der Waals surface area contributed by atoms with Gasteiger partial charge in [0.25, 0.3) is 0 Å². The summed E-state index contributed by atoms with van der Waals surface area (Å²) in [6, 6.07) is 0. The molecular weight excluding hydrogens is 188 g/mol. The molecule has 2 nitrogen and oxygen atoms in total. The van der Waals surface area contributed by atoms with Crippen molar-refractivity contribution >= 4 is 33.3 Å². The largest absolute Gasteiger partial charge is 0.229 e. The highest BCUT2D eigenvalue weighted by atomic mass is 32.2. The molecule has 0 radical (unpaired) electrons. The topological polar surface area (TPSA) is 25.8 Å². The van der Waals surface area contributed by atoms with E-state index in [-0.39, 0.29) is 0 Å². The number of thiophene rings is 1. The van der Waals surface area contributed by atoms with Crippen LogP contribution in [0.1, 0.15) is 5.56 Å². The van der Waals surface area contributed by atoms with Crippen LogP contribution in [0.5, 0.6) is 0 Å². The first-order chi connectivity index (χ1) is 5.83. The molecule has 2 aromatic heterocycles. The molecule has 0 bridgehead atoms. The lowest BCUT2D eigenvalue weighted by Gasteiger charge is -1.96. The van der Waals surface area contributed by atoms with Crippen molar-refractivity contribution in [1.29, 1.82) is 0 Å². The van der Waals surface area contributed by atoms with E-state index in [1.54, 1.807) is 29.4 Å². The fourth-order valence-corrected chi connectivity index (χ4v) is 2.71. The zero-order valence-corrected chi connectivity index (χ0v) is 8.50. The van der Waals surface area contributed by atoms with Gasteiger partial charge in [-0.2, -0.15) is 0 Å². The van der Waals surface area contributed by atoms with Gasteiger partial charge in [-0.1, -0.05) is 0 Å². The molecule has 12 heavy (non-hydrogen) atoms. The summed E-state index contributed by atoms with van der Waals surface area (Å²) < 4.78 is 0. The Bertz CT molecular complexity index is 408. The number of hydrogen-bond acceptors (Lipinski definition) is 4. The molecule has 0 fully saturated rings. The van der Waals surface area contributed by atoms with Crippen molar-refractivity contribution in [3.63, 3.8) is 0 Å². The summed E-state index contributed by atoms with van der Waals surface area (Å²) in [6.45, 7) is 2.10. The highest BCUT2D eigenvalue weighted by molar-refractivity contribution is 7.98. The minimum Gasteiger partial charge on any atom is -0.229 e. The zero-order chi connectivity index (χ0) is 8.55. The van der Waals surface area contributed by atoms with Gasteiger partial charge in [-0.25, -0.2) is 9.97 Å². The number of nitrogens with zero attached hydrogens (tertiary/aromatic N) is 2. The first-order valence-electron chi connectivity index (χ1n) is 3.55. The van der Waals surface area contributed by atoms with Crippen LogP contribution >= 0.6 is 23.1 Å². The number of thioether (sulfide) groups is 1. The maximum Gasteiger partial charge on any atom is 0.128 e. The quantitative estimate of drug-likeness (QED) is 0.518. The molecule has 4 heteroatoms. The molecule has 0 saturated carbocycles. The predicted octanol–water partition coefficient (Wildman–Crippen LogP) is 2.72. The van der Waals surface area contributed by atoms with E-state index < -0.39 is 0 Å². The van der Waals surface area contributed by atoms with Crippen LogP contribution in [0.25, 0.3) is 10.2 Å².